The lowest BCUT2D eigenvalue weighted by atomic mass is 9.94. The summed E-state index contributed by atoms with van der Waals surface area (Å²) < 4.78 is 0. The Morgan fingerprint density at radius 3 is 2.85 bits per heavy atom. The Morgan fingerprint density at radius 1 is 1.35 bits per heavy atom. The molecule has 0 saturated heterocycles. The van der Waals surface area contributed by atoms with Crippen molar-refractivity contribution in [3.63, 3.8) is 0 Å². The minimum Gasteiger partial charge on any atom is -0.396 e. The van der Waals surface area contributed by atoms with Gasteiger partial charge in [0.2, 0.25) is 0 Å². The summed E-state index contributed by atoms with van der Waals surface area (Å²) in [5, 5.41) is 14.4. The quantitative estimate of drug-likeness (QED) is 0.856. The van der Waals surface area contributed by atoms with Crippen molar-refractivity contribution in [2.45, 2.75) is 38.8 Å². The summed E-state index contributed by atoms with van der Waals surface area (Å²) in [6, 6.07) is 7.81. The van der Waals surface area contributed by atoms with Crippen LogP contribution in [0.1, 0.15) is 32.3 Å². The largest absolute Gasteiger partial charge is 0.396 e. The summed E-state index contributed by atoms with van der Waals surface area (Å²) in [5.41, 5.74) is 2.01. The van der Waals surface area contributed by atoms with Gasteiger partial charge in [-0.3, -0.25) is 4.98 Å². The third kappa shape index (κ3) is 3.29. The van der Waals surface area contributed by atoms with E-state index in [0.717, 1.165) is 40.9 Å². The Labute approximate surface area is 125 Å². The van der Waals surface area contributed by atoms with Crippen molar-refractivity contribution >= 4 is 22.5 Å². The Bertz CT molecular complexity index is 588. The number of benzene rings is 1. The van der Waals surface area contributed by atoms with E-state index in [1.807, 2.05) is 24.3 Å². The monoisotopic (exact) mass is 292 g/mol. The first kappa shape index (κ1) is 15.2. The molecule has 0 bridgehead atoms. The Hall–Kier alpha value is -1.16. The molecule has 0 radical (unpaired) electrons. The van der Waals surface area contributed by atoms with Crippen LogP contribution >= 0.6 is 11.6 Å². The van der Waals surface area contributed by atoms with E-state index in [-0.39, 0.29) is 12.1 Å². The fraction of sp³-hybridized carbons (Fsp3) is 0.438. The van der Waals surface area contributed by atoms with E-state index in [1.165, 1.54) is 0 Å². The minimum absolute atomic E-state index is 0.0600. The van der Waals surface area contributed by atoms with Gasteiger partial charge in [0.25, 0.3) is 0 Å². The summed E-state index contributed by atoms with van der Waals surface area (Å²) in [6.45, 7) is 5.17. The molecule has 1 unspecified atom stereocenters. The van der Waals surface area contributed by atoms with Gasteiger partial charge < -0.3 is 10.4 Å². The SMILES string of the molecule is CCC(C)(CCO)NCc1ccc(Cl)c2cccnc12. The number of aliphatic hydroxyl groups excluding tert-OH is 1. The van der Waals surface area contributed by atoms with Crippen LogP contribution in [0.4, 0.5) is 0 Å². The molecule has 0 aliphatic carbocycles. The fourth-order valence-electron chi connectivity index (χ4n) is 2.28. The van der Waals surface area contributed by atoms with Crippen LogP contribution in [0, 0.1) is 0 Å². The second kappa shape index (κ2) is 6.53. The molecule has 2 aromatic rings. The van der Waals surface area contributed by atoms with Crippen LogP contribution in [-0.2, 0) is 6.54 Å². The van der Waals surface area contributed by atoms with Gasteiger partial charge in [0.05, 0.1) is 5.52 Å². The average Bonchev–Trinajstić information content (AvgIpc) is 2.47. The van der Waals surface area contributed by atoms with Crippen LogP contribution in [0.3, 0.4) is 0 Å². The predicted molar refractivity (Wildman–Crippen MR) is 84.0 cm³/mol. The average molecular weight is 293 g/mol. The molecule has 1 atom stereocenters. The van der Waals surface area contributed by atoms with Gasteiger partial charge in [-0.2, -0.15) is 0 Å². The molecule has 2 N–H and O–H groups in total. The number of pyridine rings is 1. The molecular formula is C16H21ClN2O. The molecule has 2 rings (SSSR count). The van der Waals surface area contributed by atoms with Crippen molar-refractivity contribution in [3.05, 3.63) is 41.0 Å². The molecule has 1 aromatic carbocycles. The summed E-state index contributed by atoms with van der Waals surface area (Å²) in [5.74, 6) is 0. The van der Waals surface area contributed by atoms with Crippen molar-refractivity contribution in [2.75, 3.05) is 6.61 Å². The first-order chi connectivity index (χ1) is 9.59. The second-order valence-corrected chi connectivity index (χ2v) is 5.75. The van der Waals surface area contributed by atoms with Crippen molar-refractivity contribution in [1.29, 1.82) is 0 Å². The number of aliphatic hydroxyl groups is 1. The highest BCUT2D eigenvalue weighted by molar-refractivity contribution is 6.35. The Kier molecular flexibility index (Phi) is 4.97. The van der Waals surface area contributed by atoms with Crippen LogP contribution < -0.4 is 5.32 Å². The number of fused-ring (bicyclic) bond motifs is 1. The van der Waals surface area contributed by atoms with Crippen molar-refractivity contribution < 1.29 is 5.11 Å². The van der Waals surface area contributed by atoms with E-state index in [2.05, 4.69) is 24.1 Å². The number of halogens is 1. The first-order valence-electron chi connectivity index (χ1n) is 6.97. The minimum atomic E-state index is -0.0600. The number of nitrogens with zero attached hydrogens (tertiary/aromatic N) is 1. The van der Waals surface area contributed by atoms with E-state index in [9.17, 15) is 0 Å². The van der Waals surface area contributed by atoms with Crippen LogP contribution in [-0.4, -0.2) is 22.2 Å². The molecule has 0 amide bonds. The lowest BCUT2D eigenvalue weighted by Gasteiger charge is -2.29. The highest BCUT2D eigenvalue weighted by Gasteiger charge is 2.20. The molecular weight excluding hydrogens is 272 g/mol. The van der Waals surface area contributed by atoms with Crippen LogP contribution in [0.2, 0.25) is 5.02 Å². The van der Waals surface area contributed by atoms with Crippen molar-refractivity contribution in [2.24, 2.45) is 0 Å². The van der Waals surface area contributed by atoms with Gasteiger partial charge in [-0.05, 0) is 43.5 Å². The molecule has 0 aliphatic rings. The molecule has 0 fully saturated rings. The van der Waals surface area contributed by atoms with E-state index >= 15 is 0 Å². The zero-order chi connectivity index (χ0) is 14.6. The maximum atomic E-state index is 9.17. The number of nitrogens with one attached hydrogen (secondary N) is 1. The molecule has 0 aliphatic heterocycles. The first-order valence-corrected chi connectivity index (χ1v) is 7.35. The van der Waals surface area contributed by atoms with Gasteiger partial charge in [0.1, 0.15) is 0 Å². The molecule has 0 spiro atoms. The molecule has 1 aromatic heterocycles. The predicted octanol–water partition coefficient (Wildman–Crippen LogP) is 3.53. The van der Waals surface area contributed by atoms with Crippen LogP contribution in [0.5, 0.6) is 0 Å². The molecule has 108 valence electrons. The molecule has 4 heteroatoms. The van der Waals surface area contributed by atoms with Gasteiger partial charge in [0, 0.05) is 35.3 Å². The maximum Gasteiger partial charge on any atom is 0.0761 e. The zero-order valence-corrected chi connectivity index (χ0v) is 12.7. The summed E-state index contributed by atoms with van der Waals surface area (Å²) >= 11 is 6.20. The topological polar surface area (TPSA) is 45.1 Å². The summed E-state index contributed by atoms with van der Waals surface area (Å²) in [6.07, 6.45) is 3.49. The van der Waals surface area contributed by atoms with E-state index < -0.39 is 0 Å². The normalized spacial score (nSPS) is 14.4. The summed E-state index contributed by atoms with van der Waals surface area (Å²) in [4.78, 5) is 4.44. The van der Waals surface area contributed by atoms with E-state index in [1.54, 1.807) is 6.20 Å². The van der Waals surface area contributed by atoms with E-state index in [0.29, 0.717) is 0 Å². The summed E-state index contributed by atoms with van der Waals surface area (Å²) in [7, 11) is 0. The maximum absolute atomic E-state index is 9.17. The highest BCUT2D eigenvalue weighted by Crippen LogP contribution is 2.25. The van der Waals surface area contributed by atoms with Crippen LogP contribution in [0.25, 0.3) is 10.9 Å². The van der Waals surface area contributed by atoms with Crippen molar-refractivity contribution in [1.82, 2.24) is 10.3 Å². The number of hydrogen-bond acceptors (Lipinski definition) is 3. The second-order valence-electron chi connectivity index (χ2n) is 5.35. The molecule has 20 heavy (non-hydrogen) atoms. The van der Waals surface area contributed by atoms with Gasteiger partial charge in [-0.15, -0.1) is 0 Å². The highest BCUT2D eigenvalue weighted by atomic mass is 35.5. The van der Waals surface area contributed by atoms with E-state index in [4.69, 9.17) is 16.7 Å². The van der Waals surface area contributed by atoms with Crippen LogP contribution in [0.15, 0.2) is 30.5 Å². The number of aromatic nitrogens is 1. The standard InChI is InChI=1S/C16H21ClN2O/c1-3-16(2,8-10-20)19-11-12-6-7-14(17)13-5-4-9-18-15(12)13/h4-7,9,19-20H,3,8,10-11H2,1-2H3. The molecule has 1 heterocycles. The Morgan fingerprint density at radius 2 is 2.15 bits per heavy atom. The fourth-order valence-corrected chi connectivity index (χ4v) is 2.50. The number of rotatable bonds is 6. The van der Waals surface area contributed by atoms with Gasteiger partial charge in [-0.25, -0.2) is 0 Å². The third-order valence-electron chi connectivity index (χ3n) is 3.95. The lowest BCUT2D eigenvalue weighted by molar-refractivity contribution is 0.214. The van der Waals surface area contributed by atoms with Gasteiger partial charge in [0.15, 0.2) is 0 Å². The zero-order valence-electron chi connectivity index (χ0n) is 12.0. The molecule has 3 nitrogen and oxygen atoms in total. The lowest BCUT2D eigenvalue weighted by Crippen LogP contribution is -2.42. The molecule has 0 saturated carbocycles. The smallest absolute Gasteiger partial charge is 0.0761 e. The Balaban J connectivity index is 2.24. The third-order valence-corrected chi connectivity index (χ3v) is 4.28. The van der Waals surface area contributed by atoms with Gasteiger partial charge in [-0.1, -0.05) is 24.6 Å². The van der Waals surface area contributed by atoms with Crippen molar-refractivity contribution in [3.8, 4) is 0 Å². The van der Waals surface area contributed by atoms with Gasteiger partial charge >= 0.3 is 0 Å². The number of hydrogen-bond donors (Lipinski definition) is 2.